The Labute approximate surface area is 145 Å². The minimum Gasteiger partial charge on any atom is -0.349 e. The van der Waals surface area contributed by atoms with Gasteiger partial charge in [0.2, 0.25) is 5.91 Å². The van der Waals surface area contributed by atoms with Gasteiger partial charge >= 0.3 is 0 Å². The highest BCUT2D eigenvalue weighted by molar-refractivity contribution is 9.10. The lowest BCUT2D eigenvalue weighted by molar-refractivity contribution is -0.127. The Morgan fingerprint density at radius 2 is 1.74 bits per heavy atom. The van der Waals surface area contributed by atoms with Crippen LogP contribution in [0.15, 0.2) is 53.3 Å². The van der Waals surface area contributed by atoms with Crippen LogP contribution in [-0.2, 0) is 10.2 Å². The van der Waals surface area contributed by atoms with Gasteiger partial charge in [-0.3, -0.25) is 9.78 Å². The molecule has 0 radical (unpaired) electrons. The molecule has 1 aromatic carbocycles. The average Bonchev–Trinajstić information content (AvgIpc) is 3.07. The fourth-order valence-electron chi connectivity index (χ4n) is 3.46. The largest absolute Gasteiger partial charge is 0.349 e. The van der Waals surface area contributed by atoms with Crippen LogP contribution in [0.5, 0.6) is 0 Å². The van der Waals surface area contributed by atoms with Crippen molar-refractivity contribution in [1.29, 1.82) is 0 Å². The zero-order valence-electron chi connectivity index (χ0n) is 13.3. The molecule has 120 valence electrons. The van der Waals surface area contributed by atoms with Crippen LogP contribution in [0.4, 0.5) is 0 Å². The molecule has 1 atom stereocenters. The summed E-state index contributed by atoms with van der Waals surface area (Å²) in [6, 6.07) is 12.1. The molecule has 1 heterocycles. The van der Waals surface area contributed by atoms with E-state index in [1.165, 1.54) is 0 Å². The Kier molecular flexibility index (Phi) is 4.81. The van der Waals surface area contributed by atoms with E-state index in [0.717, 1.165) is 41.3 Å². The molecule has 0 saturated heterocycles. The van der Waals surface area contributed by atoms with E-state index in [-0.39, 0.29) is 17.4 Å². The van der Waals surface area contributed by atoms with Crippen molar-refractivity contribution in [3.8, 4) is 0 Å². The molecule has 1 aliphatic rings. The Morgan fingerprint density at radius 3 is 2.35 bits per heavy atom. The summed E-state index contributed by atoms with van der Waals surface area (Å²) >= 11 is 3.47. The number of aromatic nitrogens is 1. The van der Waals surface area contributed by atoms with E-state index in [9.17, 15) is 4.79 Å². The summed E-state index contributed by atoms with van der Waals surface area (Å²) in [6.07, 6.45) is 7.57. The van der Waals surface area contributed by atoms with Crippen molar-refractivity contribution in [2.45, 2.75) is 44.1 Å². The minimum atomic E-state index is -0.387. The van der Waals surface area contributed by atoms with Crippen molar-refractivity contribution in [3.63, 3.8) is 0 Å². The van der Waals surface area contributed by atoms with E-state index < -0.39 is 0 Å². The second-order valence-corrected chi connectivity index (χ2v) is 7.19. The molecule has 1 unspecified atom stereocenters. The lowest BCUT2D eigenvalue weighted by atomic mass is 9.77. The predicted octanol–water partition coefficient (Wildman–Crippen LogP) is 4.53. The Morgan fingerprint density at radius 1 is 1.13 bits per heavy atom. The first-order valence-corrected chi connectivity index (χ1v) is 8.88. The molecule has 2 aromatic rings. The van der Waals surface area contributed by atoms with Gasteiger partial charge in [0.15, 0.2) is 0 Å². The summed E-state index contributed by atoms with van der Waals surface area (Å²) in [6.45, 7) is 2.03. The fourth-order valence-corrected chi connectivity index (χ4v) is 3.73. The number of nitrogens with one attached hydrogen (secondary N) is 1. The first kappa shape index (κ1) is 16.2. The molecule has 0 spiro atoms. The van der Waals surface area contributed by atoms with Crippen LogP contribution < -0.4 is 5.32 Å². The van der Waals surface area contributed by atoms with E-state index in [1.807, 2.05) is 31.2 Å². The number of hydrogen-bond donors (Lipinski definition) is 1. The van der Waals surface area contributed by atoms with Crippen molar-refractivity contribution < 1.29 is 4.79 Å². The molecule has 3 nitrogen and oxygen atoms in total. The van der Waals surface area contributed by atoms with Crippen LogP contribution in [-0.4, -0.2) is 10.9 Å². The Balaban J connectivity index is 1.83. The van der Waals surface area contributed by atoms with Crippen molar-refractivity contribution in [1.82, 2.24) is 10.3 Å². The molecule has 1 aliphatic carbocycles. The van der Waals surface area contributed by atoms with Gasteiger partial charge in [0.1, 0.15) is 0 Å². The van der Waals surface area contributed by atoms with Gasteiger partial charge in [-0.15, -0.1) is 0 Å². The first-order valence-electron chi connectivity index (χ1n) is 8.09. The molecule has 4 heteroatoms. The van der Waals surface area contributed by atoms with Gasteiger partial charge in [-0.2, -0.15) is 0 Å². The van der Waals surface area contributed by atoms with Crippen LogP contribution in [0.1, 0.15) is 49.8 Å². The maximum absolute atomic E-state index is 13.1. The van der Waals surface area contributed by atoms with E-state index in [1.54, 1.807) is 12.4 Å². The molecule has 1 aromatic heterocycles. The van der Waals surface area contributed by atoms with Gasteiger partial charge in [-0.1, -0.05) is 40.9 Å². The van der Waals surface area contributed by atoms with Gasteiger partial charge < -0.3 is 5.32 Å². The average molecular weight is 373 g/mol. The highest BCUT2D eigenvalue weighted by Gasteiger charge is 2.42. The van der Waals surface area contributed by atoms with Gasteiger partial charge in [0.05, 0.1) is 11.5 Å². The maximum atomic E-state index is 13.1. The molecule has 23 heavy (non-hydrogen) atoms. The number of rotatable bonds is 4. The molecule has 1 amide bonds. The molecular weight excluding hydrogens is 352 g/mol. The van der Waals surface area contributed by atoms with E-state index >= 15 is 0 Å². The first-order chi connectivity index (χ1) is 11.1. The zero-order chi connectivity index (χ0) is 16.3. The lowest BCUT2D eigenvalue weighted by Gasteiger charge is -2.30. The van der Waals surface area contributed by atoms with E-state index in [2.05, 4.69) is 38.4 Å². The number of benzene rings is 1. The predicted molar refractivity (Wildman–Crippen MR) is 95.1 cm³/mol. The van der Waals surface area contributed by atoms with Gasteiger partial charge in [-0.25, -0.2) is 0 Å². The molecule has 1 N–H and O–H groups in total. The summed E-state index contributed by atoms with van der Waals surface area (Å²) in [7, 11) is 0. The lowest BCUT2D eigenvalue weighted by Crippen LogP contribution is -2.43. The van der Waals surface area contributed by atoms with Gasteiger partial charge in [0.25, 0.3) is 0 Å². The maximum Gasteiger partial charge on any atom is 0.231 e. The molecular formula is C19H21BrN2O. The SMILES string of the molecule is CC(NC(=O)C1(c2ccc(Br)cc2)CCCC1)c1ccncc1. The van der Waals surface area contributed by atoms with Crippen LogP contribution in [0.25, 0.3) is 0 Å². The standard InChI is InChI=1S/C19H21BrN2O/c1-14(15-8-12-21-13-9-15)22-18(23)19(10-2-3-11-19)16-4-6-17(20)7-5-16/h4-9,12-14H,2-3,10-11H2,1H3,(H,22,23). The normalized spacial score (nSPS) is 17.7. The number of carbonyl (C=O) groups excluding carboxylic acids is 1. The van der Waals surface area contributed by atoms with Crippen LogP contribution >= 0.6 is 15.9 Å². The zero-order valence-corrected chi connectivity index (χ0v) is 14.8. The summed E-state index contributed by atoms with van der Waals surface area (Å²) in [5.74, 6) is 0.140. The molecule has 3 rings (SSSR count). The number of carbonyl (C=O) groups is 1. The Bertz CT molecular complexity index is 664. The summed E-state index contributed by atoms with van der Waals surface area (Å²) < 4.78 is 1.04. The van der Waals surface area contributed by atoms with Gasteiger partial charge in [-0.05, 0) is 55.2 Å². The van der Waals surface area contributed by atoms with Crippen LogP contribution in [0.2, 0.25) is 0 Å². The summed E-state index contributed by atoms with van der Waals surface area (Å²) in [5.41, 5.74) is 1.82. The molecule has 1 saturated carbocycles. The molecule has 1 fully saturated rings. The Hall–Kier alpha value is -1.68. The highest BCUT2D eigenvalue weighted by Crippen LogP contribution is 2.42. The van der Waals surface area contributed by atoms with Gasteiger partial charge in [0, 0.05) is 16.9 Å². The number of pyridine rings is 1. The smallest absolute Gasteiger partial charge is 0.231 e. The van der Waals surface area contributed by atoms with Crippen LogP contribution in [0, 0.1) is 0 Å². The third-order valence-electron chi connectivity index (χ3n) is 4.84. The van der Waals surface area contributed by atoms with Crippen molar-refractivity contribution in [2.75, 3.05) is 0 Å². The van der Waals surface area contributed by atoms with Crippen molar-refractivity contribution >= 4 is 21.8 Å². The second-order valence-electron chi connectivity index (χ2n) is 6.27. The molecule has 0 bridgehead atoms. The highest BCUT2D eigenvalue weighted by atomic mass is 79.9. The number of halogens is 1. The van der Waals surface area contributed by atoms with Crippen molar-refractivity contribution in [3.05, 3.63) is 64.4 Å². The summed E-state index contributed by atoms with van der Waals surface area (Å²) in [5, 5.41) is 3.21. The minimum absolute atomic E-state index is 0.0153. The van der Waals surface area contributed by atoms with E-state index in [0.29, 0.717) is 0 Å². The number of nitrogens with zero attached hydrogens (tertiary/aromatic N) is 1. The van der Waals surface area contributed by atoms with Crippen molar-refractivity contribution in [2.24, 2.45) is 0 Å². The quantitative estimate of drug-likeness (QED) is 0.856. The number of hydrogen-bond acceptors (Lipinski definition) is 2. The second kappa shape index (κ2) is 6.83. The van der Waals surface area contributed by atoms with Crippen LogP contribution in [0.3, 0.4) is 0 Å². The fraction of sp³-hybridized carbons (Fsp3) is 0.368. The van der Waals surface area contributed by atoms with E-state index in [4.69, 9.17) is 0 Å². The molecule has 0 aliphatic heterocycles. The summed E-state index contributed by atoms with van der Waals surface area (Å²) in [4.78, 5) is 17.1. The third kappa shape index (κ3) is 3.32. The monoisotopic (exact) mass is 372 g/mol. The topological polar surface area (TPSA) is 42.0 Å². The third-order valence-corrected chi connectivity index (χ3v) is 5.37. The number of amides is 1.